The van der Waals surface area contributed by atoms with E-state index in [1.165, 1.54) is 12.1 Å². The Kier molecular flexibility index (Phi) is 6.60. The molecule has 1 saturated heterocycles. The molecule has 2 amide bonds. The molecule has 1 aromatic carbocycles. The third-order valence-electron chi connectivity index (χ3n) is 4.27. The summed E-state index contributed by atoms with van der Waals surface area (Å²) in [7, 11) is 1.65. The van der Waals surface area contributed by atoms with Gasteiger partial charge >= 0.3 is 6.18 Å². The largest absolute Gasteiger partial charge is 0.416 e. The molecule has 9 heteroatoms. The Morgan fingerprint density at radius 2 is 1.81 bits per heavy atom. The van der Waals surface area contributed by atoms with Gasteiger partial charge in [-0.1, -0.05) is 0 Å². The normalized spacial score (nSPS) is 16.5. The molecule has 1 fully saturated rings. The number of anilines is 1. The first-order valence-electron chi connectivity index (χ1n) is 8.22. The van der Waals surface area contributed by atoms with Crippen LogP contribution in [0.25, 0.3) is 0 Å². The van der Waals surface area contributed by atoms with Crippen LogP contribution >= 0.6 is 0 Å². The number of morpholine rings is 1. The van der Waals surface area contributed by atoms with Gasteiger partial charge in [0.25, 0.3) is 0 Å². The number of nitrogens with zero attached hydrogens (tertiary/aromatic N) is 2. The highest BCUT2D eigenvalue weighted by atomic mass is 19.4. The van der Waals surface area contributed by atoms with E-state index in [0.29, 0.717) is 26.3 Å². The van der Waals surface area contributed by atoms with Crippen molar-refractivity contribution in [3.63, 3.8) is 0 Å². The van der Waals surface area contributed by atoms with Crippen LogP contribution in [0.15, 0.2) is 24.3 Å². The van der Waals surface area contributed by atoms with E-state index in [4.69, 9.17) is 4.74 Å². The maximum absolute atomic E-state index is 12.6. The zero-order valence-corrected chi connectivity index (χ0v) is 14.7. The summed E-state index contributed by atoms with van der Waals surface area (Å²) in [6, 6.07) is 3.60. The monoisotopic (exact) mass is 373 g/mol. The molecule has 144 valence electrons. The van der Waals surface area contributed by atoms with E-state index >= 15 is 0 Å². The third kappa shape index (κ3) is 5.43. The van der Waals surface area contributed by atoms with Crippen molar-refractivity contribution in [2.45, 2.75) is 19.1 Å². The van der Waals surface area contributed by atoms with Gasteiger partial charge in [-0.2, -0.15) is 13.2 Å². The van der Waals surface area contributed by atoms with Crippen molar-refractivity contribution >= 4 is 17.5 Å². The minimum Gasteiger partial charge on any atom is -0.378 e. The minimum atomic E-state index is -4.42. The fourth-order valence-electron chi connectivity index (χ4n) is 2.45. The van der Waals surface area contributed by atoms with Gasteiger partial charge in [0.15, 0.2) is 0 Å². The van der Waals surface area contributed by atoms with E-state index < -0.39 is 23.7 Å². The number of ether oxygens (including phenoxy) is 1. The number of alkyl halides is 3. The van der Waals surface area contributed by atoms with E-state index in [1.54, 1.807) is 23.8 Å². The van der Waals surface area contributed by atoms with E-state index in [-0.39, 0.29) is 18.1 Å². The number of carbonyl (C=O) groups excluding carboxylic acids is 2. The first kappa shape index (κ1) is 20.2. The Bertz CT molecular complexity index is 628. The SMILES string of the molecule is C[C@H](C(=O)Nc1ccc(C(F)(F)F)cc1)N(C)CC(=O)N1CCOCC1. The number of likely N-dealkylation sites (N-methyl/N-ethyl adjacent to an activating group) is 1. The highest BCUT2D eigenvalue weighted by Gasteiger charge is 2.30. The van der Waals surface area contributed by atoms with Gasteiger partial charge in [0.2, 0.25) is 11.8 Å². The van der Waals surface area contributed by atoms with Crippen molar-refractivity contribution in [3.8, 4) is 0 Å². The summed E-state index contributed by atoms with van der Waals surface area (Å²) in [5.41, 5.74) is -0.514. The smallest absolute Gasteiger partial charge is 0.378 e. The van der Waals surface area contributed by atoms with Crippen molar-refractivity contribution in [1.29, 1.82) is 0 Å². The van der Waals surface area contributed by atoms with Gasteiger partial charge in [0.1, 0.15) is 0 Å². The van der Waals surface area contributed by atoms with Gasteiger partial charge in [-0.05, 0) is 38.2 Å². The molecule has 1 heterocycles. The molecule has 1 aliphatic heterocycles. The minimum absolute atomic E-state index is 0.0710. The summed E-state index contributed by atoms with van der Waals surface area (Å²) >= 11 is 0. The summed E-state index contributed by atoms with van der Waals surface area (Å²) < 4.78 is 42.9. The van der Waals surface area contributed by atoms with Gasteiger partial charge in [0, 0.05) is 18.8 Å². The number of hydrogen-bond acceptors (Lipinski definition) is 4. The molecule has 6 nitrogen and oxygen atoms in total. The number of carbonyl (C=O) groups is 2. The molecule has 0 radical (unpaired) electrons. The van der Waals surface area contributed by atoms with Crippen LogP contribution in [0.4, 0.5) is 18.9 Å². The molecule has 26 heavy (non-hydrogen) atoms. The van der Waals surface area contributed by atoms with Crippen LogP contribution in [0.3, 0.4) is 0 Å². The predicted octanol–water partition coefficient (Wildman–Crippen LogP) is 1.82. The Balaban J connectivity index is 1.88. The molecule has 0 aromatic heterocycles. The van der Waals surface area contributed by atoms with Gasteiger partial charge in [-0.15, -0.1) is 0 Å². The Hall–Kier alpha value is -2.13. The summed E-state index contributed by atoms with van der Waals surface area (Å²) in [5, 5.41) is 2.56. The second-order valence-electron chi connectivity index (χ2n) is 6.15. The quantitative estimate of drug-likeness (QED) is 0.855. The average molecular weight is 373 g/mol. The van der Waals surface area contributed by atoms with E-state index in [1.807, 2.05) is 0 Å². The van der Waals surface area contributed by atoms with E-state index in [2.05, 4.69) is 5.32 Å². The van der Waals surface area contributed by atoms with Crippen molar-refractivity contribution in [3.05, 3.63) is 29.8 Å². The molecule has 0 aliphatic carbocycles. The number of rotatable bonds is 5. The molecule has 0 bridgehead atoms. The molecule has 1 N–H and O–H groups in total. The van der Waals surface area contributed by atoms with Crippen LogP contribution in [0.5, 0.6) is 0 Å². The maximum Gasteiger partial charge on any atom is 0.416 e. The molecule has 1 aromatic rings. The zero-order valence-electron chi connectivity index (χ0n) is 14.7. The van der Waals surface area contributed by atoms with Crippen LogP contribution < -0.4 is 5.32 Å². The Morgan fingerprint density at radius 1 is 1.23 bits per heavy atom. The number of halogens is 3. The zero-order chi connectivity index (χ0) is 19.3. The number of benzene rings is 1. The lowest BCUT2D eigenvalue weighted by Gasteiger charge is -2.30. The summed E-state index contributed by atoms with van der Waals surface area (Å²) in [4.78, 5) is 27.8. The van der Waals surface area contributed by atoms with Crippen LogP contribution in [0.1, 0.15) is 12.5 Å². The number of amides is 2. The van der Waals surface area contributed by atoms with Crippen molar-refractivity contribution in [2.75, 3.05) is 45.2 Å². The van der Waals surface area contributed by atoms with Crippen LogP contribution in [0.2, 0.25) is 0 Å². The topological polar surface area (TPSA) is 61.9 Å². The van der Waals surface area contributed by atoms with Crippen LogP contribution in [-0.4, -0.2) is 67.6 Å². The first-order valence-corrected chi connectivity index (χ1v) is 8.22. The van der Waals surface area contributed by atoms with Gasteiger partial charge in [0.05, 0.1) is 31.4 Å². The fourth-order valence-corrected chi connectivity index (χ4v) is 2.45. The van der Waals surface area contributed by atoms with Gasteiger partial charge < -0.3 is 15.0 Å². The predicted molar refractivity (Wildman–Crippen MR) is 89.6 cm³/mol. The second kappa shape index (κ2) is 8.50. The Labute approximate surface area is 149 Å². The molecule has 2 rings (SSSR count). The van der Waals surface area contributed by atoms with Crippen molar-refractivity contribution in [2.24, 2.45) is 0 Å². The average Bonchev–Trinajstić information content (AvgIpc) is 2.61. The summed E-state index contributed by atoms with van der Waals surface area (Å²) in [5.74, 6) is -0.494. The Morgan fingerprint density at radius 3 is 2.35 bits per heavy atom. The lowest BCUT2D eigenvalue weighted by molar-refractivity contribution is -0.138. The van der Waals surface area contributed by atoms with Gasteiger partial charge in [-0.3, -0.25) is 14.5 Å². The molecule has 0 spiro atoms. The van der Waals surface area contributed by atoms with Gasteiger partial charge in [-0.25, -0.2) is 0 Å². The molecular weight excluding hydrogens is 351 g/mol. The number of nitrogens with one attached hydrogen (secondary N) is 1. The lowest BCUT2D eigenvalue weighted by Crippen LogP contribution is -2.48. The maximum atomic E-state index is 12.6. The van der Waals surface area contributed by atoms with Crippen molar-refractivity contribution in [1.82, 2.24) is 9.80 Å². The highest BCUT2D eigenvalue weighted by molar-refractivity contribution is 5.94. The summed E-state index contributed by atoms with van der Waals surface area (Å²) in [6.45, 7) is 3.75. The standard InChI is InChI=1S/C17H22F3N3O3/c1-12(22(2)11-15(24)23-7-9-26-10-8-23)16(25)21-14-5-3-13(4-6-14)17(18,19)20/h3-6,12H,7-11H2,1-2H3,(H,21,25)/t12-/m1/s1. The third-order valence-corrected chi connectivity index (χ3v) is 4.27. The molecule has 1 atom stereocenters. The fraction of sp³-hybridized carbons (Fsp3) is 0.529. The highest BCUT2D eigenvalue weighted by Crippen LogP contribution is 2.29. The number of hydrogen-bond donors (Lipinski definition) is 1. The second-order valence-corrected chi connectivity index (χ2v) is 6.15. The first-order chi connectivity index (χ1) is 12.2. The lowest BCUT2D eigenvalue weighted by atomic mass is 10.2. The van der Waals surface area contributed by atoms with Crippen LogP contribution in [0, 0.1) is 0 Å². The summed E-state index contributed by atoms with van der Waals surface area (Å²) in [6.07, 6.45) is -4.42. The molecular formula is C17H22F3N3O3. The van der Waals surface area contributed by atoms with Crippen molar-refractivity contribution < 1.29 is 27.5 Å². The molecule has 0 saturated carbocycles. The molecule has 1 aliphatic rings. The van der Waals surface area contributed by atoms with E-state index in [0.717, 1.165) is 12.1 Å². The molecule has 0 unspecified atom stereocenters. The van der Waals surface area contributed by atoms with E-state index in [9.17, 15) is 22.8 Å². The van der Waals surface area contributed by atoms with Crippen LogP contribution in [-0.2, 0) is 20.5 Å².